The first-order valence-corrected chi connectivity index (χ1v) is 13.7. The van der Waals surface area contributed by atoms with Crippen molar-refractivity contribution in [2.45, 2.75) is 19.0 Å². The number of aromatic nitrogens is 2. The lowest BCUT2D eigenvalue weighted by molar-refractivity contribution is 0.479. The first kappa shape index (κ1) is 25.6. The van der Waals surface area contributed by atoms with Gasteiger partial charge < -0.3 is 24.4 Å². The normalized spacial score (nSPS) is 16.6. The number of thiocarbonyl (C=S) groups is 1. The Morgan fingerprint density at radius 3 is 2.25 bits per heavy atom. The molecule has 0 amide bonds. The topological polar surface area (TPSA) is 45.6 Å². The minimum Gasteiger partial charge on any atom is -0.457 e. The van der Waals surface area contributed by atoms with Crippen LogP contribution in [0.15, 0.2) is 116 Å². The van der Waals surface area contributed by atoms with Crippen molar-refractivity contribution in [3.8, 4) is 17.2 Å². The third-order valence-electron chi connectivity index (χ3n) is 7.26. The predicted octanol–water partition coefficient (Wildman–Crippen LogP) is 7.22. The summed E-state index contributed by atoms with van der Waals surface area (Å²) in [4.78, 5) is 8.99. The molecule has 0 bridgehead atoms. The van der Waals surface area contributed by atoms with Crippen molar-refractivity contribution >= 4 is 28.7 Å². The molecule has 6 rings (SSSR count). The molecule has 0 unspecified atom stereocenters. The van der Waals surface area contributed by atoms with Crippen LogP contribution in [-0.4, -0.2) is 28.8 Å². The van der Waals surface area contributed by atoms with Gasteiger partial charge in [0.2, 0.25) is 0 Å². The van der Waals surface area contributed by atoms with E-state index in [1.54, 1.807) is 0 Å². The van der Waals surface area contributed by atoms with Gasteiger partial charge in [-0.15, -0.1) is 0 Å². The van der Waals surface area contributed by atoms with Crippen LogP contribution in [0, 0.1) is 6.92 Å². The summed E-state index contributed by atoms with van der Waals surface area (Å²) >= 11 is 5.95. The van der Waals surface area contributed by atoms with E-state index < -0.39 is 0 Å². The van der Waals surface area contributed by atoms with Crippen LogP contribution in [-0.2, 0) is 0 Å². The zero-order valence-electron chi connectivity index (χ0n) is 22.7. The lowest BCUT2D eigenvalue weighted by Crippen LogP contribution is -2.30. The van der Waals surface area contributed by atoms with Crippen molar-refractivity contribution in [3.63, 3.8) is 0 Å². The molecular formula is C33H31N5OS. The summed E-state index contributed by atoms with van der Waals surface area (Å²) in [6.07, 6.45) is 3.94. The largest absolute Gasteiger partial charge is 0.457 e. The van der Waals surface area contributed by atoms with Gasteiger partial charge in [0.05, 0.1) is 11.7 Å². The summed E-state index contributed by atoms with van der Waals surface area (Å²) in [5.41, 5.74) is 6.36. The van der Waals surface area contributed by atoms with Crippen LogP contribution in [0.3, 0.4) is 0 Å². The summed E-state index contributed by atoms with van der Waals surface area (Å²) in [7, 11) is 4.10. The van der Waals surface area contributed by atoms with Crippen molar-refractivity contribution in [2.75, 3.05) is 23.9 Å². The SMILES string of the molecule is Cc1ccccc1Oc1ccc(N2C(=S)N[C@H](c3ccccn3)[C@@H]2c2cccn2-c2ccc(N(C)C)cc2)cc1. The minimum absolute atomic E-state index is 0.130. The van der Waals surface area contributed by atoms with Gasteiger partial charge in [-0.3, -0.25) is 4.98 Å². The average molecular weight is 546 g/mol. The number of nitrogens with zero attached hydrogens (tertiary/aromatic N) is 4. The number of pyridine rings is 1. The molecule has 40 heavy (non-hydrogen) atoms. The van der Waals surface area contributed by atoms with Gasteiger partial charge >= 0.3 is 0 Å². The Bertz CT molecular complexity index is 1610. The second-order valence-corrected chi connectivity index (χ2v) is 10.5. The second kappa shape index (κ2) is 10.9. The van der Waals surface area contributed by atoms with Gasteiger partial charge in [0, 0.05) is 49.2 Å². The van der Waals surface area contributed by atoms with Gasteiger partial charge in [0.15, 0.2) is 5.11 Å². The standard InChI is InChI=1S/C33H31N5OS/c1-23-9-4-5-12-30(23)39-27-19-17-26(18-20-27)38-32(31(35-33(38)40)28-10-6-7-21-34-28)29-11-8-22-37(29)25-15-13-24(14-16-25)36(2)3/h4-22,31-32H,1-3H3,(H,35,40)/t31-,32+/m1/s1. The molecule has 2 aromatic heterocycles. The number of benzene rings is 3. The van der Waals surface area contributed by atoms with Crippen LogP contribution in [0.1, 0.15) is 29.0 Å². The fraction of sp³-hybridized carbons (Fsp3) is 0.152. The molecule has 7 heteroatoms. The van der Waals surface area contributed by atoms with E-state index in [1.165, 1.54) is 0 Å². The Morgan fingerprint density at radius 2 is 1.55 bits per heavy atom. The number of hydrogen-bond acceptors (Lipinski definition) is 4. The quantitative estimate of drug-likeness (QED) is 0.218. The monoisotopic (exact) mass is 545 g/mol. The molecule has 3 aromatic carbocycles. The Hall–Kier alpha value is -4.62. The summed E-state index contributed by atoms with van der Waals surface area (Å²) < 4.78 is 8.40. The molecule has 0 saturated carbocycles. The van der Waals surface area contributed by atoms with Crippen molar-refractivity contribution in [1.82, 2.24) is 14.9 Å². The number of aryl methyl sites for hydroxylation is 1. The maximum absolute atomic E-state index is 6.16. The van der Waals surface area contributed by atoms with E-state index in [0.717, 1.165) is 45.5 Å². The van der Waals surface area contributed by atoms with Crippen LogP contribution in [0.25, 0.3) is 5.69 Å². The smallest absolute Gasteiger partial charge is 0.174 e. The lowest BCUT2D eigenvalue weighted by Gasteiger charge is -2.29. The molecule has 3 heterocycles. The van der Waals surface area contributed by atoms with E-state index in [2.05, 4.69) is 80.5 Å². The van der Waals surface area contributed by atoms with E-state index in [1.807, 2.05) is 75.7 Å². The third kappa shape index (κ3) is 4.92. The molecule has 1 saturated heterocycles. The van der Waals surface area contributed by atoms with Crippen molar-refractivity contribution < 1.29 is 4.74 Å². The van der Waals surface area contributed by atoms with Crippen molar-refractivity contribution in [2.24, 2.45) is 0 Å². The van der Waals surface area contributed by atoms with Crippen molar-refractivity contribution in [3.05, 3.63) is 132 Å². The maximum atomic E-state index is 6.16. The highest BCUT2D eigenvalue weighted by atomic mass is 32.1. The zero-order chi connectivity index (χ0) is 27.6. The summed E-state index contributed by atoms with van der Waals surface area (Å²) in [5, 5.41) is 4.22. The number of nitrogens with one attached hydrogen (secondary N) is 1. The lowest BCUT2D eigenvalue weighted by atomic mass is 10.0. The van der Waals surface area contributed by atoms with Crippen LogP contribution in [0.4, 0.5) is 11.4 Å². The summed E-state index contributed by atoms with van der Waals surface area (Å²) in [6, 6.07) is 34.7. The minimum atomic E-state index is -0.133. The third-order valence-corrected chi connectivity index (χ3v) is 7.58. The van der Waals surface area contributed by atoms with Gasteiger partial charge in [-0.05, 0) is 104 Å². The molecule has 1 aliphatic heterocycles. The van der Waals surface area contributed by atoms with Gasteiger partial charge in [-0.1, -0.05) is 24.3 Å². The Kier molecular flexibility index (Phi) is 6.97. The summed E-state index contributed by atoms with van der Waals surface area (Å²) in [5.74, 6) is 1.62. The van der Waals surface area contributed by atoms with E-state index in [9.17, 15) is 0 Å². The molecule has 5 aromatic rings. The Balaban J connectivity index is 1.39. The Morgan fingerprint density at radius 1 is 0.825 bits per heavy atom. The van der Waals surface area contributed by atoms with Gasteiger partial charge in [-0.2, -0.15) is 0 Å². The molecule has 1 N–H and O–H groups in total. The van der Waals surface area contributed by atoms with E-state index >= 15 is 0 Å². The molecule has 0 spiro atoms. The van der Waals surface area contributed by atoms with Crippen LogP contribution >= 0.6 is 12.2 Å². The molecule has 0 aliphatic carbocycles. The van der Waals surface area contributed by atoms with E-state index in [-0.39, 0.29) is 12.1 Å². The van der Waals surface area contributed by atoms with E-state index in [0.29, 0.717) is 5.11 Å². The second-order valence-electron chi connectivity index (χ2n) is 10.1. The predicted molar refractivity (Wildman–Crippen MR) is 166 cm³/mol. The van der Waals surface area contributed by atoms with Gasteiger partial charge in [0.25, 0.3) is 0 Å². The molecule has 2 atom stereocenters. The zero-order valence-corrected chi connectivity index (χ0v) is 23.5. The van der Waals surface area contributed by atoms with Crippen LogP contribution in [0.5, 0.6) is 11.5 Å². The number of ether oxygens (including phenoxy) is 1. The highest BCUT2D eigenvalue weighted by Gasteiger charge is 2.42. The van der Waals surface area contributed by atoms with Gasteiger partial charge in [0.1, 0.15) is 17.5 Å². The molecule has 0 radical (unpaired) electrons. The summed E-state index contributed by atoms with van der Waals surface area (Å²) in [6.45, 7) is 2.05. The van der Waals surface area contributed by atoms with E-state index in [4.69, 9.17) is 21.9 Å². The fourth-order valence-corrected chi connectivity index (χ4v) is 5.53. The fourth-order valence-electron chi connectivity index (χ4n) is 5.19. The number of hydrogen-bond donors (Lipinski definition) is 1. The molecule has 1 aliphatic rings. The average Bonchev–Trinajstić information content (AvgIpc) is 3.59. The number of para-hydroxylation sites is 1. The van der Waals surface area contributed by atoms with Crippen LogP contribution < -0.4 is 19.9 Å². The highest BCUT2D eigenvalue weighted by Crippen LogP contribution is 2.42. The Labute approximate surface area is 240 Å². The maximum Gasteiger partial charge on any atom is 0.174 e. The van der Waals surface area contributed by atoms with Crippen LogP contribution in [0.2, 0.25) is 0 Å². The first-order valence-electron chi connectivity index (χ1n) is 13.3. The number of rotatable bonds is 7. The molecular weight excluding hydrogens is 514 g/mol. The highest BCUT2D eigenvalue weighted by molar-refractivity contribution is 7.80. The molecule has 1 fully saturated rings. The first-order chi connectivity index (χ1) is 19.5. The molecule has 200 valence electrons. The van der Waals surface area contributed by atoms with Gasteiger partial charge in [-0.25, -0.2) is 0 Å². The molecule has 6 nitrogen and oxygen atoms in total. The van der Waals surface area contributed by atoms with Crippen molar-refractivity contribution in [1.29, 1.82) is 0 Å². The number of anilines is 2.